The molecule has 0 heterocycles. The SMILES string of the molecule is CCCCCCCCCN(C(=O)OC(C)(C)C1CCCCC1)C(=O)OC(C)(C)C1CCCCC1.CCCCCCCCCN(C(=O)OC(C)(C)CC)C(=O)OC(C)(C)CC.CCCCCCCCCN(C(=O)OC1(CC)CCCC1)C(=O)OC1(CC)CCCC1.CCCCCCCCCNC(=O)OC(C)(C)C.CCCCCCCCCNC(=O)OC(C)(C)CC.CCCCCCCCCNC(=O)OC1(CC)CCCC1. The molecule has 0 radical (unpaired) electrons. The Morgan fingerprint density at radius 1 is 0.234 bits per heavy atom. The lowest BCUT2D eigenvalue weighted by Gasteiger charge is -2.39. The Bertz CT molecular complexity index is 3160. The van der Waals surface area contributed by atoms with Crippen LogP contribution >= 0.6 is 0 Å². The van der Waals surface area contributed by atoms with Crippen molar-refractivity contribution in [2.75, 3.05) is 39.3 Å². The molecule has 9 amide bonds. The lowest BCUT2D eigenvalue weighted by molar-refractivity contribution is -0.0530. The molecule has 0 aromatic heterocycles. The van der Waals surface area contributed by atoms with Crippen LogP contribution in [-0.4, -0.2) is 159 Å². The summed E-state index contributed by atoms with van der Waals surface area (Å²) in [6.07, 6.45) is 74.9. The van der Waals surface area contributed by atoms with E-state index in [1.165, 1.54) is 254 Å². The molecular formula is C121H232N6O18. The van der Waals surface area contributed by atoms with Crippen LogP contribution in [0.4, 0.5) is 43.2 Å². The molecular weight excluding hydrogens is 1830 g/mol. The molecule has 0 saturated heterocycles. The normalized spacial score (nSPS) is 15.6. The number of hydrogen-bond acceptors (Lipinski definition) is 18. The molecule has 0 aromatic carbocycles. The number of carbonyl (C=O) groups excluding carboxylic acids is 9. The summed E-state index contributed by atoms with van der Waals surface area (Å²) in [4.78, 5) is 116. The molecule has 0 unspecified atom stereocenters. The number of nitrogens with one attached hydrogen (secondary N) is 3. The van der Waals surface area contributed by atoms with Gasteiger partial charge in [0.15, 0.2) is 0 Å². The summed E-state index contributed by atoms with van der Waals surface area (Å²) in [7, 11) is 0. The van der Waals surface area contributed by atoms with E-state index in [4.69, 9.17) is 42.6 Å². The second-order valence-corrected chi connectivity index (χ2v) is 46.9. The standard InChI is InChI=1S/C29H53NO4.C25H45NO4.C21H41NO4.C17H33NO2.C15H31NO2.C14H29NO2/c1-6-7-8-9-10-11-18-23-30(26(31)33-28(2,3)24-19-14-12-15-20-24)27(32)34-29(4,5)25-21-16-13-17-22-25;1-4-7-8-9-10-11-16-21-26(22(27)29-24(5-2)17-12-13-18-24)23(28)30-25(6-3)19-14-15-20-25;1-8-11-12-13-14-15-16-17-22(18(23)25-20(4,5)9-2)19(24)26-21(6,7)10-3;1-3-5-6-7-8-9-12-15-18-16(19)20-17(4-2)13-10-11-14-17;1-5-7-8-9-10-11-12-13-16-14(17)18-15(3,4)6-2;1-5-6-7-8-9-10-11-12-15-13(16)17-14(2,3)4/h24-25H,6-23H2,1-5H3;4-21H2,1-3H3;8-17H2,1-7H3;3-15H2,1-2H3,(H,18,19);5-13H2,1-4H3,(H,16,17);5-12H2,1-4H3,(H,15,16). The minimum absolute atomic E-state index is 0.162. The van der Waals surface area contributed by atoms with E-state index >= 15 is 0 Å². The van der Waals surface area contributed by atoms with Crippen molar-refractivity contribution in [1.29, 1.82) is 0 Å². The smallest absolute Gasteiger partial charge is 0.419 e. The third kappa shape index (κ3) is 68.5. The van der Waals surface area contributed by atoms with Gasteiger partial charge in [0.1, 0.15) is 50.4 Å². The highest BCUT2D eigenvalue weighted by atomic mass is 16.6. The van der Waals surface area contributed by atoms with Gasteiger partial charge in [0.05, 0.1) is 0 Å². The third-order valence-corrected chi connectivity index (χ3v) is 30.7. The van der Waals surface area contributed by atoms with Crippen LogP contribution in [0, 0.1) is 11.8 Å². The summed E-state index contributed by atoms with van der Waals surface area (Å²) in [5, 5.41) is 8.50. The van der Waals surface area contributed by atoms with Crippen molar-refractivity contribution in [3.05, 3.63) is 0 Å². The van der Waals surface area contributed by atoms with Gasteiger partial charge in [-0.1, -0.05) is 353 Å². The first kappa shape index (κ1) is 139. The number of amides is 9. The van der Waals surface area contributed by atoms with Crippen LogP contribution in [0.1, 0.15) is 623 Å². The van der Waals surface area contributed by atoms with E-state index in [-0.39, 0.29) is 29.5 Å². The number of rotatable bonds is 64. The van der Waals surface area contributed by atoms with Gasteiger partial charge in [-0.2, -0.15) is 0 Å². The fourth-order valence-corrected chi connectivity index (χ4v) is 19.3. The van der Waals surface area contributed by atoms with E-state index in [9.17, 15) is 43.2 Å². The van der Waals surface area contributed by atoms with E-state index in [0.717, 1.165) is 217 Å². The Hall–Kier alpha value is -5.97. The van der Waals surface area contributed by atoms with E-state index in [0.29, 0.717) is 44.3 Å². The van der Waals surface area contributed by atoms with Gasteiger partial charge in [-0.25, -0.2) is 57.9 Å². The van der Waals surface area contributed by atoms with Crippen LogP contribution < -0.4 is 16.0 Å². The molecule has 854 valence electrons. The molecule has 0 bridgehead atoms. The van der Waals surface area contributed by atoms with Gasteiger partial charge in [-0.3, -0.25) is 0 Å². The van der Waals surface area contributed by atoms with Gasteiger partial charge in [0, 0.05) is 39.3 Å². The Morgan fingerprint density at radius 3 is 0.697 bits per heavy atom. The zero-order valence-electron chi connectivity index (χ0n) is 99.1. The topological polar surface area (TPSA) is 283 Å². The maximum absolute atomic E-state index is 13.3. The van der Waals surface area contributed by atoms with Crippen molar-refractivity contribution in [1.82, 2.24) is 30.7 Å². The lowest BCUT2D eigenvalue weighted by atomic mass is 9.79. The highest BCUT2D eigenvalue weighted by Crippen LogP contribution is 2.42. The van der Waals surface area contributed by atoms with Crippen molar-refractivity contribution < 1.29 is 85.8 Å². The maximum Gasteiger partial charge on any atom is 0.419 e. The number of hydrogen-bond donors (Lipinski definition) is 3. The van der Waals surface area contributed by atoms with Crippen molar-refractivity contribution in [3.8, 4) is 0 Å². The predicted octanol–water partition coefficient (Wildman–Crippen LogP) is 37.6. The van der Waals surface area contributed by atoms with Gasteiger partial charge < -0.3 is 58.6 Å². The van der Waals surface area contributed by atoms with Crippen molar-refractivity contribution in [2.45, 2.75) is 673 Å². The van der Waals surface area contributed by atoms with Gasteiger partial charge in [0.2, 0.25) is 0 Å². The number of nitrogens with zero attached hydrogens (tertiary/aromatic N) is 3. The molecule has 145 heavy (non-hydrogen) atoms. The largest absolute Gasteiger partial charge is 0.444 e. The van der Waals surface area contributed by atoms with Crippen LogP contribution in [0.2, 0.25) is 0 Å². The summed E-state index contributed by atoms with van der Waals surface area (Å²) in [5.74, 6) is 0.695. The highest BCUT2D eigenvalue weighted by molar-refractivity contribution is 5.89. The van der Waals surface area contributed by atoms with Crippen LogP contribution in [0.3, 0.4) is 0 Å². The summed E-state index contributed by atoms with van der Waals surface area (Å²) < 4.78 is 51.1. The van der Waals surface area contributed by atoms with E-state index in [2.05, 4.69) is 78.3 Å². The average molecular weight is 2060 g/mol. The number of ether oxygens (including phenoxy) is 9. The zero-order valence-corrected chi connectivity index (χ0v) is 99.1. The monoisotopic (exact) mass is 2060 g/mol. The second-order valence-electron chi connectivity index (χ2n) is 46.9. The van der Waals surface area contributed by atoms with Crippen molar-refractivity contribution in [3.63, 3.8) is 0 Å². The highest BCUT2D eigenvalue weighted by Gasteiger charge is 2.45. The molecule has 5 aliphatic rings. The van der Waals surface area contributed by atoms with Crippen molar-refractivity contribution >= 4 is 54.8 Å². The first-order valence-corrected chi connectivity index (χ1v) is 60.6. The van der Waals surface area contributed by atoms with Crippen LogP contribution in [0.5, 0.6) is 0 Å². The Balaban J connectivity index is 0.00000175. The summed E-state index contributed by atoms with van der Waals surface area (Å²) in [5.41, 5.74) is -4.06. The molecule has 0 aliphatic heterocycles. The first-order valence-electron chi connectivity index (χ1n) is 60.6. The van der Waals surface area contributed by atoms with Gasteiger partial charge in [-0.15, -0.1) is 0 Å². The van der Waals surface area contributed by atoms with Gasteiger partial charge in [0.25, 0.3) is 0 Å². The van der Waals surface area contributed by atoms with Gasteiger partial charge in [-0.05, 0) is 282 Å². The fourth-order valence-electron chi connectivity index (χ4n) is 19.3. The second kappa shape index (κ2) is 81.8. The first-order chi connectivity index (χ1) is 68.9. The Morgan fingerprint density at radius 2 is 0.448 bits per heavy atom. The Kier molecular flexibility index (Phi) is 78.4. The molecule has 0 atom stereocenters. The van der Waals surface area contributed by atoms with Crippen molar-refractivity contribution in [2.24, 2.45) is 11.8 Å². The average Bonchev–Trinajstić information content (AvgIpc) is 1.65. The zero-order chi connectivity index (χ0) is 109. The maximum atomic E-state index is 13.3. The molecule has 5 rings (SSSR count). The molecule has 5 aliphatic carbocycles. The lowest BCUT2D eigenvalue weighted by Crippen LogP contribution is -2.48. The molecule has 5 fully saturated rings. The summed E-state index contributed by atoms with van der Waals surface area (Å²) in [6, 6.07) is 0. The van der Waals surface area contributed by atoms with Crippen LogP contribution in [0.25, 0.3) is 0 Å². The van der Waals surface area contributed by atoms with Crippen LogP contribution in [-0.2, 0) is 42.6 Å². The molecule has 0 aromatic rings. The molecule has 5 saturated carbocycles. The van der Waals surface area contributed by atoms with Gasteiger partial charge >= 0.3 is 54.8 Å². The molecule has 0 spiro atoms. The Labute approximate surface area is 890 Å². The van der Waals surface area contributed by atoms with E-state index in [1.807, 2.05) is 111 Å². The summed E-state index contributed by atoms with van der Waals surface area (Å²) >= 11 is 0. The predicted molar refractivity (Wildman–Crippen MR) is 599 cm³/mol. The number of carbonyl (C=O) groups is 9. The number of imide groups is 3. The molecule has 24 heteroatoms. The summed E-state index contributed by atoms with van der Waals surface area (Å²) in [6.45, 7) is 53.7. The van der Waals surface area contributed by atoms with Crippen LogP contribution in [0.15, 0.2) is 0 Å². The minimum atomic E-state index is -0.611. The molecule has 24 nitrogen and oxygen atoms in total. The third-order valence-electron chi connectivity index (χ3n) is 30.7. The minimum Gasteiger partial charge on any atom is -0.444 e. The quantitative estimate of drug-likeness (QED) is 0.0377. The molecule has 3 N–H and O–H groups in total. The van der Waals surface area contributed by atoms with E-state index in [1.54, 1.807) is 0 Å². The van der Waals surface area contributed by atoms with E-state index < -0.39 is 75.8 Å². The number of alkyl carbamates (subject to hydrolysis) is 3. The number of unbranched alkanes of at least 4 members (excludes halogenated alkanes) is 36. The fraction of sp³-hybridized carbons (Fsp3) is 0.926.